The number of esters is 2. The monoisotopic (exact) mass is 334 g/mol. The highest BCUT2D eigenvalue weighted by atomic mass is 16.5. The van der Waals surface area contributed by atoms with Gasteiger partial charge in [-0.05, 0) is 12.1 Å². The van der Waals surface area contributed by atoms with Gasteiger partial charge in [-0.3, -0.25) is 9.59 Å². The Morgan fingerprint density at radius 1 is 1.00 bits per heavy atom. The number of carbonyl (C=O) groups is 4. The summed E-state index contributed by atoms with van der Waals surface area (Å²) in [5.41, 5.74) is 0.455. The highest BCUT2D eigenvalue weighted by molar-refractivity contribution is 5.96. The van der Waals surface area contributed by atoms with Gasteiger partial charge in [-0.15, -0.1) is 0 Å². The smallest absolute Gasteiger partial charge is 0.331 e. The molecule has 0 radical (unpaired) electrons. The molecule has 2 N–H and O–H groups in total. The van der Waals surface area contributed by atoms with E-state index in [9.17, 15) is 19.2 Å². The molecule has 1 aromatic rings. The quantitative estimate of drug-likeness (QED) is 0.387. The molecule has 0 fully saturated rings. The maximum atomic E-state index is 11.7. The molecular formula is C16H18N2O6. The van der Waals surface area contributed by atoms with E-state index < -0.39 is 17.8 Å². The van der Waals surface area contributed by atoms with Crippen LogP contribution in [0, 0.1) is 0 Å². The van der Waals surface area contributed by atoms with Crippen molar-refractivity contribution in [1.82, 2.24) is 10.6 Å². The van der Waals surface area contributed by atoms with E-state index in [4.69, 9.17) is 4.74 Å². The van der Waals surface area contributed by atoms with E-state index >= 15 is 0 Å². The molecule has 0 aromatic heterocycles. The largest absolute Gasteiger partial charge is 0.466 e. The number of nitrogens with one attached hydrogen (secondary N) is 2. The van der Waals surface area contributed by atoms with Crippen LogP contribution in [0.15, 0.2) is 42.5 Å². The lowest BCUT2D eigenvalue weighted by atomic mass is 10.2. The van der Waals surface area contributed by atoms with Crippen LogP contribution >= 0.6 is 0 Å². The Kier molecular flexibility index (Phi) is 8.30. The molecule has 0 saturated heterocycles. The zero-order valence-electron chi connectivity index (χ0n) is 13.1. The van der Waals surface area contributed by atoms with Gasteiger partial charge in [0.1, 0.15) is 6.61 Å². The first-order valence-electron chi connectivity index (χ1n) is 7.05. The summed E-state index contributed by atoms with van der Waals surface area (Å²) in [5, 5.41) is 4.94. The summed E-state index contributed by atoms with van der Waals surface area (Å²) in [7, 11) is 1.18. The molecule has 0 aliphatic heterocycles. The average molecular weight is 334 g/mol. The Bertz CT molecular complexity index is 612. The van der Waals surface area contributed by atoms with Crippen molar-refractivity contribution in [2.75, 3.05) is 26.8 Å². The Morgan fingerprint density at radius 2 is 1.67 bits per heavy atom. The molecule has 0 spiro atoms. The molecular weight excluding hydrogens is 316 g/mol. The molecule has 2 amide bonds. The number of benzene rings is 1. The molecule has 0 aliphatic rings. The number of carbonyl (C=O) groups excluding carboxylic acids is 4. The number of methoxy groups -OCH3 is 1. The van der Waals surface area contributed by atoms with Crippen LogP contribution in [-0.4, -0.2) is 50.6 Å². The topological polar surface area (TPSA) is 111 Å². The maximum Gasteiger partial charge on any atom is 0.331 e. The Balaban J connectivity index is 2.16. The molecule has 8 heteroatoms. The van der Waals surface area contributed by atoms with Crippen molar-refractivity contribution in [3.63, 3.8) is 0 Å². The first-order chi connectivity index (χ1) is 11.5. The fourth-order valence-corrected chi connectivity index (χ4v) is 1.51. The summed E-state index contributed by atoms with van der Waals surface area (Å²) in [6.07, 6.45) is 1.85. The summed E-state index contributed by atoms with van der Waals surface area (Å²) in [4.78, 5) is 45.2. The predicted molar refractivity (Wildman–Crippen MR) is 83.9 cm³/mol. The van der Waals surface area contributed by atoms with Crippen LogP contribution in [-0.2, 0) is 23.9 Å². The lowest BCUT2D eigenvalue weighted by Gasteiger charge is -2.07. The third-order valence-corrected chi connectivity index (χ3v) is 2.67. The maximum absolute atomic E-state index is 11.7. The van der Waals surface area contributed by atoms with E-state index in [0.29, 0.717) is 5.56 Å². The SMILES string of the molecule is COC(=O)/C=C/C(=O)OCCNC(=O)CNC(=O)c1ccccc1. The molecule has 1 rings (SSSR count). The second kappa shape index (κ2) is 10.5. The number of hydrogen-bond donors (Lipinski definition) is 2. The molecule has 0 saturated carbocycles. The zero-order chi connectivity index (χ0) is 17.8. The highest BCUT2D eigenvalue weighted by Gasteiger charge is 2.07. The van der Waals surface area contributed by atoms with E-state index in [0.717, 1.165) is 12.2 Å². The average Bonchev–Trinajstić information content (AvgIpc) is 2.61. The molecule has 8 nitrogen and oxygen atoms in total. The van der Waals surface area contributed by atoms with Gasteiger partial charge >= 0.3 is 11.9 Å². The van der Waals surface area contributed by atoms with Crippen molar-refractivity contribution in [2.24, 2.45) is 0 Å². The van der Waals surface area contributed by atoms with Gasteiger partial charge in [0.15, 0.2) is 0 Å². The lowest BCUT2D eigenvalue weighted by molar-refractivity contribution is -0.139. The standard InChI is InChI=1S/C16H18N2O6/c1-23-14(20)7-8-15(21)24-10-9-17-13(19)11-18-16(22)12-5-3-2-4-6-12/h2-8H,9-11H2,1H3,(H,17,19)(H,18,22)/b8-7+. The van der Waals surface area contributed by atoms with Crippen LogP contribution in [0.5, 0.6) is 0 Å². The van der Waals surface area contributed by atoms with Crippen LogP contribution in [0.4, 0.5) is 0 Å². The second-order valence-corrected chi connectivity index (χ2v) is 4.42. The van der Waals surface area contributed by atoms with E-state index in [1.54, 1.807) is 30.3 Å². The minimum absolute atomic E-state index is 0.0667. The Hall–Kier alpha value is -3.16. The van der Waals surface area contributed by atoms with Gasteiger partial charge in [-0.2, -0.15) is 0 Å². The van der Waals surface area contributed by atoms with Gasteiger partial charge in [0, 0.05) is 17.7 Å². The van der Waals surface area contributed by atoms with Crippen LogP contribution in [0.2, 0.25) is 0 Å². The van der Waals surface area contributed by atoms with Gasteiger partial charge in [0.05, 0.1) is 20.2 Å². The molecule has 128 valence electrons. The van der Waals surface area contributed by atoms with E-state index in [1.807, 2.05) is 0 Å². The van der Waals surface area contributed by atoms with Gasteiger partial charge in [0.2, 0.25) is 5.91 Å². The number of hydrogen-bond acceptors (Lipinski definition) is 6. The van der Waals surface area contributed by atoms with Gasteiger partial charge in [-0.25, -0.2) is 9.59 Å². The normalized spacial score (nSPS) is 10.0. The van der Waals surface area contributed by atoms with Crippen LogP contribution in [0.3, 0.4) is 0 Å². The molecule has 0 heterocycles. The minimum atomic E-state index is -0.730. The summed E-state index contributed by atoms with van der Waals surface area (Å²) in [6.45, 7) is -0.176. The summed E-state index contributed by atoms with van der Waals surface area (Å²) in [5.74, 6) is -2.17. The van der Waals surface area contributed by atoms with Crippen LogP contribution < -0.4 is 10.6 Å². The molecule has 0 atom stereocenters. The summed E-state index contributed by atoms with van der Waals surface area (Å²) >= 11 is 0. The van der Waals surface area contributed by atoms with Crippen molar-refractivity contribution in [3.8, 4) is 0 Å². The lowest BCUT2D eigenvalue weighted by Crippen LogP contribution is -2.38. The number of amides is 2. The van der Waals surface area contributed by atoms with Crippen LogP contribution in [0.1, 0.15) is 10.4 Å². The fourth-order valence-electron chi connectivity index (χ4n) is 1.51. The first-order valence-corrected chi connectivity index (χ1v) is 7.05. The molecule has 0 unspecified atom stereocenters. The minimum Gasteiger partial charge on any atom is -0.466 e. The molecule has 0 aliphatic carbocycles. The van der Waals surface area contributed by atoms with Gasteiger partial charge in [-0.1, -0.05) is 18.2 Å². The van der Waals surface area contributed by atoms with Gasteiger partial charge in [0.25, 0.3) is 5.91 Å². The third kappa shape index (κ3) is 7.74. The van der Waals surface area contributed by atoms with Crippen molar-refractivity contribution < 1.29 is 28.7 Å². The van der Waals surface area contributed by atoms with E-state index in [1.165, 1.54) is 7.11 Å². The number of ether oxygens (including phenoxy) is 2. The second-order valence-electron chi connectivity index (χ2n) is 4.42. The summed E-state index contributed by atoms with van der Waals surface area (Å²) in [6, 6.07) is 8.49. The van der Waals surface area contributed by atoms with Crippen molar-refractivity contribution in [3.05, 3.63) is 48.0 Å². The Labute approximate surface area is 138 Å². The highest BCUT2D eigenvalue weighted by Crippen LogP contribution is 1.97. The molecule has 24 heavy (non-hydrogen) atoms. The Morgan fingerprint density at radius 3 is 2.33 bits per heavy atom. The van der Waals surface area contributed by atoms with Crippen LogP contribution in [0.25, 0.3) is 0 Å². The fraction of sp³-hybridized carbons (Fsp3) is 0.250. The molecule has 1 aromatic carbocycles. The van der Waals surface area contributed by atoms with Crippen molar-refractivity contribution in [2.45, 2.75) is 0 Å². The zero-order valence-corrected chi connectivity index (χ0v) is 13.1. The van der Waals surface area contributed by atoms with Crippen molar-refractivity contribution >= 4 is 23.8 Å². The van der Waals surface area contributed by atoms with E-state index in [-0.39, 0.29) is 25.6 Å². The number of rotatable bonds is 8. The summed E-state index contributed by atoms with van der Waals surface area (Å²) < 4.78 is 9.06. The predicted octanol–water partition coefficient (Wildman–Crippen LogP) is -0.195. The first kappa shape index (κ1) is 18.9. The van der Waals surface area contributed by atoms with E-state index in [2.05, 4.69) is 15.4 Å². The van der Waals surface area contributed by atoms with Gasteiger partial charge < -0.3 is 20.1 Å². The molecule has 0 bridgehead atoms. The van der Waals surface area contributed by atoms with Crippen molar-refractivity contribution in [1.29, 1.82) is 0 Å². The third-order valence-electron chi connectivity index (χ3n) is 2.67.